The molecular weight excluding hydrogens is 226 g/mol. The first-order chi connectivity index (χ1) is 8.29. The van der Waals surface area contributed by atoms with Gasteiger partial charge in [0.25, 0.3) is 0 Å². The second-order valence-corrected chi connectivity index (χ2v) is 4.30. The lowest BCUT2D eigenvalue weighted by Crippen LogP contribution is -2.33. The minimum Gasteiger partial charge on any atom is -0.412 e. The van der Waals surface area contributed by atoms with Crippen molar-refractivity contribution in [1.82, 2.24) is 0 Å². The van der Waals surface area contributed by atoms with Gasteiger partial charge in [-0.15, -0.1) is 0 Å². The molecule has 0 bridgehead atoms. The van der Waals surface area contributed by atoms with Gasteiger partial charge in [-0.2, -0.15) is 0 Å². The lowest BCUT2D eigenvalue weighted by Gasteiger charge is -2.31. The Kier molecular flexibility index (Phi) is 8.05. The number of hydrogen-bond acceptors (Lipinski definition) is 2. The number of carbonyl (C=O) groups excluding carboxylic acids is 1. The molecule has 1 aromatic carbocycles. The van der Waals surface area contributed by atoms with Crippen LogP contribution in [0.15, 0.2) is 24.3 Å². The summed E-state index contributed by atoms with van der Waals surface area (Å²) in [5.74, 6) is 0.284. The van der Waals surface area contributed by atoms with Gasteiger partial charge in [-0.1, -0.05) is 31.5 Å². The third kappa shape index (κ3) is 4.49. The molecule has 3 nitrogen and oxygen atoms in total. The Hall–Kier alpha value is -1.35. The molecule has 3 heteroatoms. The van der Waals surface area contributed by atoms with Gasteiger partial charge in [-0.3, -0.25) is 0 Å². The zero-order valence-electron chi connectivity index (χ0n) is 11.6. The third-order valence-electron chi connectivity index (χ3n) is 3.13. The van der Waals surface area contributed by atoms with Crippen LogP contribution in [0.1, 0.15) is 32.3 Å². The Morgan fingerprint density at radius 1 is 1.11 bits per heavy atom. The van der Waals surface area contributed by atoms with E-state index in [1.165, 1.54) is 11.3 Å². The van der Waals surface area contributed by atoms with Gasteiger partial charge < -0.3 is 15.2 Å². The number of aldehydes is 1. The van der Waals surface area contributed by atoms with Crippen molar-refractivity contribution >= 4 is 12.0 Å². The van der Waals surface area contributed by atoms with Crippen LogP contribution in [0.3, 0.4) is 0 Å². The third-order valence-corrected chi connectivity index (χ3v) is 3.13. The fraction of sp³-hybridized carbons (Fsp3) is 0.533. The largest absolute Gasteiger partial charge is 0.412 e. The Morgan fingerprint density at radius 3 is 2.06 bits per heavy atom. The molecule has 0 saturated carbocycles. The molecule has 0 amide bonds. The van der Waals surface area contributed by atoms with Crippen molar-refractivity contribution in [2.45, 2.75) is 33.6 Å². The summed E-state index contributed by atoms with van der Waals surface area (Å²) in [6.07, 6.45) is 3.10. The lowest BCUT2D eigenvalue weighted by molar-refractivity contribution is -0.111. The minimum absolute atomic E-state index is 0. The van der Waals surface area contributed by atoms with Crippen molar-refractivity contribution < 1.29 is 10.3 Å². The molecule has 1 aromatic rings. The Labute approximate surface area is 110 Å². The predicted octanol–water partition coefficient (Wildman–Crippen LogP) is 2.61. The molecule has 102 valence electrons. The van der Waals surface area contributed by atoms with Gasteiger partial charge in [0.05, 0.1) is 0 Å². The van der Waals surface area contributed by atoms with E-state index in [2.05, 4.69) is 36.1 Å². The second-order valence-electron chi connectivity index (χ2n) is 4.30. The molecule has 0 aromatic heterocycles. The standard InChI is InChI=1S/C13H17NO.C2H6.H2O/c1-11-2-4-13(5-3-11)14-8-6-12(10-15)7-9-14;1-2;/h2-5,10,12H,6-9H2,1H3;1-2H3;1H2. The molecule has 0 aliphatic carbocycles. The number of anilines is 1. The van der Waals surface area contributed by atoms with Gasteiger partial charge in [0.2, 0.25) is 0 Å². The number of aryl methyl sites for hydroxylation is 1. The normalized spacial score (nSPS) is 15.2. The van der Waals surface area contributed by atoms with Crippen LogP contribution in [-0.4, -0.2) is 24.9 Å². The number of carbonyl (C=O) groups is 1. The zero-order valence-corrected chi connectivity index (χ0v) is 11.6. The number of piperidine rings is 1. The van der Waals surface area contributed by atoms with E-state index < -0.39 is 0 Å². The highest BCUT2D eigenvalue weighted by molar-refractivity contribution is 5.55. The van der Waals surface area contributed by atoms with Crippen LogP contribution in [0.5, 0.6) is 0 Å². The summed E-state index contributed by atoms with van der Waals surface area (Å²) in [5.41, 5.74) is 2.58. The van der Waals surface area contributed by atoms with E-state index in [1.54, 1.807) is 0 Å². The highest BCUT2D eigenvalue weighted by Crippen LogP contribution is 2.22. The molecule has 1 fully saturated rings. The molecular formula is C15H25NO2. The van der Waals surface area contributed by atoms with E-state index in [-0.39, 0.29) is 11.4 Å². The average molecular weight is 251 g/mol. The SMILES string of the molecule is CC.Cc1ccc(N2CCC(C=O)CC2)cc1.O. The summed E-state index contributed by atoms with van der Waals surface area (Å²) >= 11 is 0. The molecule has 18 heavy (non-hydrogen) atoms. The smallest absolute Gasteiger partial charge is 0.123 e. The van der Waals surface area contributed by atoms with E-state index in [9.17, 15) is 4.79 Å². The van der Waals surface area contributed by atoms with E-state index in [4.69, 9.17) is 0 Å². The second kappa shape index (κ2) is 8.70. The van der Waals surface area contributed by atoms with Gasteiger partial charge in [-0.25, -0.2) is 0 Å². The highest BCUT2D eigenvalue weighted by Gasteiger charge is 2.18. The van der Waals surface area contributed by atoms with Gasteiger partial charge in [0.15, 0.2) is 0 Å². The molecule has 2 N–H and O–H groups in total. The van der Waals surface area contributed by atoms with Crippen molar-refractivity contribution in [2.75, 3.05) is 18.0 Å². The first kappa shape index (κ1) is 16.6. The molecule has 2 rings (SSSR count). The summed E-state index contributed by atoms with van der Waals surface area (Å²) in [6, 6.07) is 8.61. The van der Waals surface area contributed by atoms with E-state index in [1.807, 2.05) is 13.8 Å². The first-order valence-corrected chi connectivity index (χ1v) is 6.56. The molecule has 1 aliphatic rings. The van der Waals surface area contributed by atoms with Gasteiger partial charge >= 0.3 is 0 Å². The quantitative estimate of drug-likeness (QED) is 0.759. The molecule has 0 atom stereocenters. The fourth-order valence-electron chi connectivity index (χ4n) is 2.05. The van der Waals surface area contributed by atoms with E-state index in [0.29, 0.717) is 0 Å². The fourth-order valence-corrected chi connectivity index (χ4v) is 2.05. The molecule has 0 unspecified atom stereocenters. The Balaban J connectivity index is 0.000000917. The van der Waals surface area contributed by atoms with Crippen LogP contribution < -0.4 is 4.90 Å². The van der Waals surface area contributed by atoms with Crippen molar-refractivity contribution in [3.63, 3.8) is 0 Å². The molecule has 1 aliphatic heterocycles. The van der Waals surface area contributed by atoms with Crippen molar-refractivity contribution in [1.29, 1.82) is 0 Å². The summed E-state index contributed by atoms with van der Waals surface area (Å²) < 4.78 is 0. The van der Waals surface area contributed by atoms with Gasteiger partial charge in [-0.05, 0) is 31.9 Å². The lowest BCUT2D eigenvalue weighted by atomic mass is 9.98. The Bertz CT molecular complexity index is 327. The highest BCUT2D eigenvalue weighted by atomic mass is 16.1. The van der Waals surface area contributed by atoms with Crippen molar-refractivity contribution in [3.8, 4) is 0 Å². The maximum absolute atomic E-state index is 10.6. The summed E-state index contributed by atoms with van der Waals surface area (Å²) in [7, 11) is 0. The maximum Gasteiger partial charge on any atom is 0.123 e. The maximum atomic E-state index is 10.6. The number of benzene rings is 1. The summed E-state index contributed by atoms with van der Waals surface area (Å²) in [5, 5.41) is 0. The van der Waals surface area contributed by atoms with Crippen LogP contribution in [0.25, 0.3) is 0 Å². The van der Waals surface area contributed by atoms with Gasteiger partial charge in [0.1, 0.15) is 6.29 Å². The first-order valence-electron chi connectivity index (χ1n) is 6.56. The van der Waals surface area contributed by atoms with Crippen LogP contribution in [0.4, 0.5) is 5.69 Å². The summed E-state index contributed by atoms with van der Waals surface area (Å²) in [6.45, 7) is 8.11. The van der Waals surface area contributed by atoms with Crippen LogP contribution in [-0.2, 0) is 4.79 Å². The van der Waals surface area contributed by atoms with E-state index in [0.717, 1.165) is 32.2 Å². The van der Waals surface area contributed by atoms with Crippen molar-refractivity contribution in [2.24, 2.45) is 5.92 Å². The monoisotopic (exact) mass is 251 g/mol. The Morgan fingerprint density at radius 2 is 1.61 bits per heavy atom. The van der Waals surface area contributed by atoms with Crippen LogP contribution in [0, 0.1) is 12.8 Å². The zero-order chi connectivity index (χ0) is 12.7. The number of rotatable bonds is 2. The number of hydrogen-bond donors (Lipinski definition) is 0. The predicted molar refractivity (Wildman–Crippen MR) is 77.1 cm³/mol. The molecule has 0 radical (unpaired) electrons. The van der Waals surface area contributed by atoms with E-state index >= 15 is 0 Å². The topological polar surface area (TPSA) is 51.8 Å². The number of nitrogens with zero attached hydrogens (tertiary/aromatic N) is 1. The summed E-state index contributed by atoms with van der Waals surface area (Å²) in [4.78, 5) is 13.0. The molecule has 1 saturated heterocycles. The van der Waals surface area contributed by atoms with Crippen LogP contribution in [0.2, 0.25) is 0 Å². The van der Waals surface area contributed by atoms with Crippen molar-refractivity contribution in [3.05, 3.63) is 29.8 Å². The average Bonchev–Trinajstić information content (AvgIpc) is 2.42. The molecule has 1 heterocycles. The van der Waals surface area contributed by atoms with Crippen LogP contribution >= 0.6 is 0 Å². The molecule has 0 spiro atoms. The van der Waals surface area contributed by atoms with Gasteiger partial charge in [0, 0.05) is 24.7 Å². The minimum atomic E-state index is 0.